The fraction of sp³-hybridized carbons (Fsp3) is 0.167. The Balaban J connectivity index is 2.38. The zero-order valence-electron chi connectivity index (χ0n) is 9.98. The third-order valence-corrected chi connectivity index (χ3v) is 3.42. The SMILES string of the molecule is COc1ccc(-c2[o+]c([O-])c(C(=O)C(F)(F)F)s2)cc1. The number of carbonyl (C=O) groups excluding carboxylic acids is 1. The number of rotatable bonds is 3. The maximum atomic E-state index is 12.3. The highest BCUT2D eigenvalue weighted by molar-refractivity contribution is 7.17. The van der Waals surface area contributed by atoms with Gasteiger partial charge in [-0.2, -0.15) is 13.2 Å². The van der Waals surface area contributed by atoms with E-state index in [2.05, 4.69) is 0 Å². The molecule has 0 aliphatic carbocycles. The number of hydrogen-bond donors (Lipinski definition) is 0. The van der Waals surface area contributed by atoms with Crippen molar-refractivity contribution < 1.29 is 32.2 Å². The second-order valence-electron chi connectivity index (χ2n) is 3.66. The molecule has 1 heterocycles. The average molecular weight is 304 g/mol. The molecule has 0 bridgehead atoms. The van der Waals surface area contributed by atoms with Crippen molar-refractivity contribution in [2.24, 2.45) is 0 Å². The first-order chi connectivity index (χ1) is 9.32. The number of benzene rings is 1. The van der Waals surface area contributed by atoms with Crippen molar-refractivity contribution in [3.05, 3.63) is 29.1 Å². The standard InChI is InChI=1S/C12H7F3O4S/c1-18-7-4-2-6(3-5-7)11-19-10(17)8(20-11)9(16)12(13,14)15/h2-5H,1H3. The predicted octanol–water partition coefficient (Wildman–Crippen LogP) is 3.12. The van der Waals surface area contributed by atoms with E-state index in [0.717, 1.165) is 0 Å². The Morgan fingerprint density at radius 1 is 1.30 bits per heavy atom. The highest BCUT2D eigenvalue weighted by Gasteiger charge is 2.43. The van der Waals surface area contributed by atoms with Crippen LogP contribution in [-0.2, 0) is 0 Å². The molecular formula is C12H7F3O4S. The van der Waals surface area contributed by atoms with Crippen molar-refractivity contribution in [2.45, 2.75) is 6.18 Å². The number of hydrogen-bond acceptors (Lipinski definition) is 4. The summed E-state index contributed by atoms with van der Waals surface area (Å²) < 4.78 is 46.5. The number of ether oxygens (including phenoxy) is 1. The van der Waals surface area contributed by atoms with E-state index in [9.17, 15) is 23.1 Å². The minimum absolute atomic E-state index is 0.0646. The van der Waals surface area contributed by atoms with Gasteiger partial charge < -0.3 is 9.15 Å². The number of alkyl halides is 3. The summed E-state index contributed by atoms with van der Waals surface area (Å²) in [5.41, 5.74) is 0.383. The lowest BCUT2D eigenvalue weighted by Crippen LogP contribution is -2.22. The summed E-state index contributed by atoms with van der Waals surface area (Å²) >= 11 is 0.372. The lowest BCUT2D eigenvalue weighted by atomic mass is 10.2. The van der Waals surface area contributed by atoms with Crippen LogP contribution in [0.15, 0.2) is 28.7 Å². The van der Waals surface area contributed by atoms with Crippen molar-refractivity contribution in [3.63, 3.8) is 0 Å². The third-order valence-electron chi connectivity index (χ3n) is 2.35. The van der Waals surface area contributed by atoms with Gasteiger partial charge in [0.1, 0.15) is 5.75 Å². The quantitative estimate of drug-likeness (QED) is 0.645. The molecule has 1 aromatic heterocycles. The summed E-state index contributed by atoms with van der Waals surface area (Å²) in [6.07, 6.45) is -5.10. The van der Waals surface area contributed by atoms with Gasteiger partial charge in [-0.3, -0.25) is 4.79 Å². The van der Waals surface area contributed by atoms with Crippen LogP contribution in [0.4, 0.5) is 13.2 Å². The number of halogens is 3. The zero-order valence-corrected chi connectivity index (χ0v) is 10.8. The highest BCUT2D eigenvalue weighted by atomic mass is 32.1. The molecule has 106 valence electrons. The van der Waals surface area contributed by atoms with E-state index in [-0.39, 0.29) is 5.07 Å². The van der Waals surface area contributed by atoms with Crippen molar-refractivity contribution in [3.8, 4) is 22.3 Å². The number of Topliss-reactive ketones (excluding diaryl/α,β-unsaturated/α-hetero) is 1. The van der Waals surface area contributed by atoms with E-state index in [1.807, 2.05) is 0 Å². The zero-order chi connectivity index (χ0) is 14.9. The number of ketones is 1. The Morgan fingerprint density at radius 3 is 2.40 bits per heavy atom. The van der Waals surface area contributed by atoms with Gasteiger partial charge in [-0.25, -0.2) is 5.11 Å². The Labute approximate surface area is 115 Å². The largest absolute Gasteiger partial charge is 0.497 e. The number of carbonyl (C=O) groups is 1. The molecule has 2 rings (SSSR count). The summed E-state index contributed by atoms with van der Waals surface area (Å²) in [6, 6.07) is 6.13. The van der Waals surface area contributed by atoms with E-state index in [0.29, 0.717) is 22.6 Å². The van der Waals surface area contributed by atoms with Crippen LogP contribution in [0.25, 0.3) is 10.6 Å². The van der Waals surface area contributed by atoms with Crippen LogP contribution < -0.4 is 9.84 Å². The van der Waals surface area contributed by atoms with Gasteiger partial charge in [0, 0.05) is 5.56 Å². The summed E-state index contributed by atoms with van der Waals surface area (Å²) in [6.45, 7) is 0. The van der Waals surface area contributed by atoms with Gasteiger partial charge in [-0.05, 0) is 24.3 Å². The maximum absolute atomic E-state index is 12.3. The van der Waals surface area contributed by atoms with Crippen LogP contribution >= 0.6 is 11.3 Å². The molecule has 0 aliphatic heterocycles. The van der Waals surface area contributed by atoms with E-state index in [1.165, 1.54) is 19.2 Å². The minimum Gasteiger partial charge on any atom is -0.497 e. The van der Waals surface area contributed by atoms with E-state index >= 15 is 0 Å². The first kappa shape index (κ1) is 14.3. The van der Waals surface area contributed by atoms with Crippen molar-refractivity contribution in [1.29, 1.82) is 0 Å². The molecule has 0 radical (unpaired) electrons. The second kappa shape index (κ2) is 5.12. The lowest BCUT2D eigenvalue weighted by molar-refractivity contribution is -0.294. The first-order valence-electron chi connectivity index (χ1n) is 5.23. The molecule has 0 spiro atoms. The Bertz CT molecular complexity index is 631. The summed E-state index contributed by atoms with van der Waals surface area (Å²) in [5, 5.41) is 11.3. The molecular weight excluding hydrogens is 297 g/mol. The molecule has 0 fully saturated rings. The molecule has 0 saturated carbocycles. The third kappa shape index (κ3) is 2.74. The van der Waals surface area contributed by atoms with Crippen molar-refractivity contribution in [2.75, 3.05) is 7.11 Å². The predicted molar refractivity (Wildman–Crippen MR) is 62.8 cm³/mol. The van der Waals surface area contributed by atoms with Crippen LogP contribution in [-0.4, -0.2) is 19.1 Å². The van der Waals surface area contributed by atoms with Crippen LogP contribution in [0, 0.1) is 0 Å². The minimum atomic E-state index is -5.10. The van der Waals surface area contributed by atoms with Gasteiger partial charge in [0.2, 0.25) is 0 Å². The summed E-state index contributed by atoms with van der Waals surface area (Å²) in [7, 11) is 1.46. The van der Waals surface area contributed by atoms with E-state index < -0.39 is 22.8 Å². The van der Waals surface area contributed by atoms with Gasteiger partial charge in [-0.1, -0.05) is 11.3 Å². The van der Waals surface area contributed by atoms with Crippen LogP contribution in [0.3, 0.4) is 0 Å². The Hall–Kier alpha value is -2.09. The molecule has 0 atom stereocenters. The lowest BCUT2D eigenvalue weighted by Gasteiger charge is -2.00. The van der Waals surface area contributed by atoms with Gasteiger partial charge in [-0.15, -0.1) is 0 Å². The van der Waals surface area contributed by atoms with Crippen LogP contribution in [0.5, 0.6) is 11.7 Å². The van der Waals surface area contributed by atoms with Gasteiger partial charge in [0.15, 0.2) is 9.95 Å². The van der Waals surface area contributed by atoms with Crippen molar-refractivity contribution >= 4 is 17.1 Å². The normalized spacial score (nSPS) is 11.4. The number of methoxy groups -OCH3 is 1. The molecule has 0 saturated heterocycles. The summed E-state index contributed by atoms with van der Waals surface area (Å²) in [5.74, 6) is -2.95. The average Bonchev–Trinajstić information content (AvgIpc) is 2.79. The topological polar surface area (TPSA) is 60.7 Å². The van der Waals surface area contributed by atoms with Crippen LogP contribution in [0.2, 0.25) is 0 Å². The fourth-order valence-corrected chi connectivity index (χ4v) is 2.29. The second-order valence-corrected chi connectivity index (χ2v) is 4.65. The molecule has 0 amide bonds. The summed E-state index contributed by atoms with van der Waals surface area (Å²) in [4.78, 5) is 10.1. The first-order valence-corrected chi connectivity index (χ1v) is 6.04. The fourth-order valence-electron chi connectivity index (χ4n) is 1.40. The van der Waals surface area contributed by atoms with E-state index in [4.69, 9.17) is 9.15 Å². The molecule has 0 aliphatic rings. The monoisotopic (exact) mass is 304 g/mol. The Kier molecular flexibility index (Phi) is 3.67. The van der Waals surface area contributed by atoms with Gasteiger partial charge in [0.05, 0.1) is 7.11 Å². The molecule has 0 N–H and O–H groups in total. The van der Waals surface area contributed by atoms with Gasteiger partial charge in [0.25, 0.3) is 5.78 Å². The molecule has 1 aromatic carbocycles. The maximum Gasteiger partial charge on any atom is 0.456 e. The molecule has 4 nitrogen and oxygen atoms in total. The molecule has 0 unspecified atom stereocenters. The van der Waals surface area contributed by atoms with Gasteiger partial charge >= 0.3 is 12.1 Å². The molecule has 2 aromatic rings. The molecule has 20 heavy (non-hydrogen) atoms. The molecule has 8 heteroatoms. The Morgan fingerprint density at radius 2 is 1.90 bits per heavy atom. The highest BCUT2D eigenvalue weighted by Crippen LogP contribution is 2.37. The van der Waals surface area contributed by atoms with Crippen molar-refractivity contribution in [1.82, 2.24) is 0 Å². The van der Waals surface area contributed by atoms with E-state index in [1.54, 1.807) is 12.1 Å². The van der Waals surface area contributed by atoms with Crippen LogP contribution in [0.1, 0.15) is 9.67 Å². The smallest absolute Gasteiger partial charge is 0.456 e.